The first-order chi connectivity index (χ1) is 18.5. The predicted octanol–water partition coefficient (Wildman–Crippen LogP) is 4.14. The van der Waals surface area contributed by atoms with Crippen LogP contribution < -0.4 is 10.2 Å². The number of likely N-dealkylation sites (tertiary alicyclic amines) is 1. The van der Waals surface area contributed by atoms with Crippen molar-refractivity contribution in [3.63, 3.8) is 0 Å². The lowest BCUT2D eigenvalue weighted by Crippen LogP contribution is -2.57. The number of amides is 3. The smallest absolute Gasteiger partial charge is 0.250 e. The van der Waals surface area contributed by atoms with Crippen molar-refractivity contribution >= 4 is 35.2 Å². The second-order valence-corrected chi connectivity index (χ2v) is 11.8. The van der Waals surface area contributed by atoms with Crippen LogP contribution in [0.4, 0.5) is 5.69 Å². The second kappa shape index (κ2) is 12.2. The molecule has 0 unspecified atom stereocenters. The van der Waals surface area contributed by atoms with Gasteiger partial charge in [0.05, 0.1) is 12.4 Å². The molecule has 2 aromatic rings. The Hall–Kier alpha value is -3.00. The zero-order valence-corrected chi connectivity index (χ0v) is 22.8. The molecule has 0 bridgehead atoms. The number of anilines is 1. The predicted molar refractivity (Wildman–Crippen MR) is 151 cm³/mol. The number of carbonyl (C=O) groups excluding carboxylic acids is 3. The van der Waals surface area contributed by atoms with Crippen LogP contribution in [0.15, 0.2) is 65.6 Å². The van der Waals surface area contributed by atoms with Gasteiger partial charge in [0.15, 0.2) is 0 Å². The van der Waals surface area contributed by atoms with E-state index < -0.39 is 5.54 Å². The molecule has 2 aromatic carbocycles. The molecule has 1 spiro atoms. The Morgan fingerprint density at radius 3 is 2.26 bits per heavy atom. The van der Waals surface area contributed by atoms with E-state index in [1.165, 1.54) is 32.1 Å². The van der Waals surface area contributed by atoms with E-state index >= 15 is 0 Å². The fourth-order valence-corrected chi connectivity index (χ4v) is 6.90. The highest BCUT2D eigenvalue weighted by molar-refractivity contribution is 8.00. The van der Waals surface area contributed by atoms with Crippen molar-refractivity contribution in [2.75, 3.05) is 43.5 Å². The van der Waals surface area contributed by atoms with Crippen LogP contribution in [0.2, 0.25) is 0 Å². The Morgan fingerprint density at radius 2 is 1.58 bits per heavy atom. The molecule has 0 atom stereocenters. The monoisotopic (exact) mass is 534 g/mol. The lowest BCUT2D eigenvalue weighted by Gasteiger charge is -2.43. The zero-order valence-electron chi connectivity index (χ0n) is 22.0. The number of benzene rings is 2. The molecule has 38 heavy (non-hydrogen) atoms. The molecule has 5 rings (SSSR count). The van der Waals surface area contributed by atoms with Gasteiger partial charge in [-0.3, -0.25) is 14.4 Å². The van der Waals surface area contributed by atoms with Crippen molar-refractivity contribution in [3.8, 4) is 0 Å². The minimum atomic E-state index is -0.728. The summed E-state index contributed by atoms with van der Waals surface area (Å²) in [7, 11) is 0. The van der Waals surface area contributed by atoms with E-state index in [0.717, 1.165) is 10.6 Å². The molecule has 0 aromatic heterocycles. The number of hydrogen-bond donors (Lipinski definition) is 1. The molecule has 3 amide bonds. The van der Waals surface area contributed by atoms with Crippen LogP contribution in [-0.2, 0) is 14.4 Å². The van der Waals surface area contributed by atoms with E-state index in [0.29, 0.717) is 50.8 Å². The molecule has 3 fully saturated rings. The van der Waals surface area contributed by atoms with Gasteiger partial charge in [0.1, 0.15) is 12.1 Å². The molecule has 8 heteroatoms. The van der Waals surface area contributed by atoms with E-state index in [9.17, 15) is 14.4 Å². The largest absolute Gasteiger partial charge is 0.354 e. The highest BCUT2D eigenvalue weighted by Crippen LogP contribution is 2.39. The number of hydrogen-bond acceptors (Lipinski definition) is 5. The standard InChI is InChI=1S/C30H38N4O3S/c35-27(31-20-24-10-4-1-5-11-24)21-33-23-34(25-12-6-2-7-13-25)30(29(33)37)16-18-32(19-17-30)28(36)22-38-26-14-8-3-9-15-26/h2-3,6-9,12-15,24H,1,4-5,10-11,16-23H2,(H,31,35). The summed E-state index contributed by atoms with van der Waals surface area (Å²) >= 11 is 1.54. The van der Waals surface area contributed by atoms with E-state index in [1.54, 1.807) is 16.7 Å². The van der Waals surface area contributed by atoms with Crippen LogP contribution >= 0.6 is 11.8 Å². The molecule has 1 aliphatic carbocycles. The Morgan fingerprint density at radius 1 is 0.921 bits per heavy atom. The summed E-state index contributed by atoms with van der Waals surface area (Å²) in [5.74, 6) is 0.959. The van der Waals surface area contributed by atoms with Crippen molar-refractivity contribution in [1.82, 2.24) is 15.1 Å². The Labute approximate surface area is 229 Å². The Balaban J connectivity index is 1.22. The molecular weight excluding hydrogens is 496 g/mol. The molecule has 0 radical (unpaired) electrons. The van der Waals surface area contributed by atoms with Crippen molar-refractivity contribution < 1.29 is 14.4 Å². The average Bonchev–Trinajstić information content (AvgIpc) is 3.23. The summed E-state index contributed by atoms with van der Waals surface area (Å²) in [5, 5.41) is 3.09. The third-order valence-electron chi connectivity index (χ3n) is 8.28. The number of thioether (sulfide) groups is 1. The normalized spacial score (nSPS) is 19.7. The Bertz CT molecular complexity index is 1100. The summed E-state index contributed by atoms with van der Waals surface area (Å²) in [6, 6.07) is 19.9. The summed E-state index contributed by atoms with van der Waals surface area (Å²) in [4.78, 5) is 46.5. The van der Waals surface area contributed by atoms with E-state index in [4.69, 9.17) is 0 Å². The average molecular weight is 535 g/mol. The maximum atomic E-state index is 13.9. The van der Waals surface area contributed by atoms with Gasteiger partial charge in [0.25, 0.3) is 5.91 Å². The molecule has 1 saturated carbocycles. The first-order valence-electron chi connectivity index (χ1n) is 13.9. The van der Waals surface area contributed by atoms with Gasteiger partial charge in [-0.15, -0.1) is 11.8 Å². The maximum Gasteiger partial charge on any atom is 0.250 e. The molecular formula is C30H38N4O3S. The number of carbonyl (C=O) groups is 3. The third kappa shape index (κ3) is 6.01. The van der Waals surface area contributed by atoms with E-state index in [-0.39, 0.29) is 24.3 Å². The van der Waals surface area contributed by atoms with Gasteiger partial charge in [0, 0.05) is 30.2 Å². The highest BCUT2D eigenvalue weighted by Gasteiger charge is 2.54. The number of piperidine rings is 1. The van der Waals surface area contributed by atoms with Gasteiger partial charge in [0.2, 0.25) is 11.8 Å². The van der Waals surface area contributed by atoms with Crippen LogP contribution in [0, 0.1) is 5.92 Å². The van der Waals surface area contributed by atoms with E-state index in [1.807, 2.05) is 65.6 Å². The molecule has 7 nitrogen and oxygen atoms in total. The lowest BCUT2D eigenvalue weighted by molar-refractivity contribution is -0.139. The SMILES string of the molecule is O=C(CN1CN(c2ccccc2)C2(CCN(C(=O)CSc3ccccc3)CC2)C1=O)NCC1CCCCC1. The molecule has 202 valence electrons. The van der Waals surface area contributed by atoms with Crippen LogP contribution in [0.3, 0.4) is 0 Å². The summed E-state index contributed by atoms with van der Waals surface area (Å²) in [5.41, 5.74) is 0.249. The van der Waals surface area contributed by atoms with Crippen molar-refractivity contribution in [2.24, 2.45) is 5.92 Å². The maximum absolute atomic E-state index is 13.9. The van der Waals surface area contributed by atoms with Crippen LogP contribution in [0.5, 0.6) is 0 Å². The fraction of sp³-hybridized carbons (Fsp3) is 0.500. The summed E-state index contributed by atoms with van der Waals surface area (Å²) in [6.07, 6.45) is 7.23. The van der Waals surface area contributed by atoms with Gasteiger partial charge in [-0.1, -0.05) is 55.7 Å². The second-order valence-electron chi connectivity index (χ2n) is 10.7. The minimum absolute atomic E-state index is 0.0000658. The molecule has 3 aliphatic rings. The number of rotatable bonds is 8. The van der Waals surface area contributed by atoms with E-state index in [2.05, 4.69) is 10.2 Å². The summed E-state index contributed by atoms with van der Waals surface area (Å²) in [6.45, 7) is 2.23. The fourth-order valence-electron chi connectivity index (χ4n) is 6.08. The Kier molecular flexibility index (Phi) is 8.57. The van der Waals surface area contributed by atoms with Gasteiger partial charge in [-0.05, 0) is 55.9 Å². The van der Waals surface area contributed by atoms with Gasteiger partial charge >= 0.3 is 0 Å². The highest BCUT2D eigenvalue weighted by atomic mass is 32.2. The van der Waals surface area contributed by atoms with Crippen LogP contribution in [0.1, 0.15) is 44.9 Å². The molecule has 2 aliphatic heterocycles. The molecule has 2 saturated heterocycles. The minimum Gasteiger partial charge on any atom is -0.354 e. The zero-order chi connectivity index (χ0) is 26.4. The van der Waals surface area contributed by atoms with Crippen LogP contribution in [0.25, 0.3) is 0 Å². The summed E-state index contributed by atoms with van der Waals surface area (Å²) < 4.78 is 0. The number of para-hydroxylation sites is 1. The van der Waals surface area contributed by atoms with Crippen molar-refractivity contribution in [2.45, 2.75) is 55.4 Å². The van der Waals surface area contributed by atoms with Gasteiger partial charge in [-0.2, -0.15) is 0 Å². The lowest BCUT2D eigenvalue weighted by atomic mass is 9.85. The van der Waals surface area contributed by atoms with Crippen molar-refractivity contribution in [3.05, 3.63) is 60.7 Å². The quantitative estimate of drug-likeness (QED) is 0.516. The number of nitrogens with one attached hydrogen (secondary N) is 1. The van der Waals surface area contributed by atoms with Crippen LogP contribution in [-0.4, -0.2) is 71.7 Å². The third-order valence-corrected chi connectivity index (χ3v) is 9.27. The van der Waals surface area contributed by atoms with Crippen molar-refractivity contribution in [1.29, 1.82) is 0 Å². The van der Waals surface area contributed by atoms with Gasteiger partial charge in [-0.25, -0.2) is 0 Å². The molecule has 1 N–H and O–H groups in total. The molecule has 2 heterocycles. The topological polar surface area (TPSA) is 73.0 Å². The van der Waals surface area contributed by atoms with Gasteiger partial charge < -0.3 is 20.0 Å². The first-order valence-corrected chi connectivity index (χ1v) is 14.9. The first kappa shape index (κ1) is 26.6. The number of nitrogens with zero attached hydrogens (tertiary/aromatic N) is 3.